The van der Waals surface area contributed by atoms with Crippen LogP contribution in [0.4, 0.5) is 0 Å². The van der Waals surface area contributed by atoms with Crippen LogP contribution in [0.15, 0.2) is 66.1 Å². The van der Waals surface area contributed by atoms with E-state index >= 15 is 0 Å². The molecule has 0 saturated carbocycles. The first-order valence-electron chi connectivity index (χ1n) is 12.2. The number of hydrogen-bond donors (Lipinski definition) is 2. The molecule has 2 amide bonds. The van der Waals surface area contributed by atoms with Crippen molar-refractivity contribution in [2.45, 2.75) is 45.1 Å². The van der Waals surface area contributed by atoms with Gasteiger partial charge in [0.25, 0.3) is 5.91 Å². The average Bonchev–Trinajstić information content (AvgIpc) is 2.85. The molecule has 2 aromatic carbocycles. The Bertz CT molecular complexity index is 1230. The third-order valence-corrected chi connectivity index (χ3v) is 8.64. The second-order valence-corrected chi connectivity index (χ2v) is 12.7. The van der Waals surface area contributed by atoms with Gasteiger partial charge < -0.3 is 15.4 Å². The molecule has 1 saturated heterocycles. The van der Waals surface area contributed by atoms with E-state index in [1.807, 2.05) is 52.0 Å². The zero-order valence-corrected chi connectivity index (χ0v) is 23.0. The van der Waals surface area contributed by atoms with Crippen LogP contribution in [0.1, 0.15) is 43.6 Å². The van der Waals surface area contributed by atoms with Crippen molar-refractivity contribution in [2.24, 2.45) is 10.8 Å². The number of carbonyl (C=O) groups is 2. The number of hydrogen-bond acceptors (Lipinski definition) is 5. The van der Waals surface area contributed by atoms with Crippen molar-refractivity contribution in [2.75, 3.05) is 26.7 Å². The summed E-state index contributed by atoms with van der Waals surface area (Å²) in [5, 5.41) is 5.86. The minimum absolute atomic E-state index is 0.123. The molecule has 0 aromatic heterocycles. The van der Waals surface area contributed by atoms with Crippen LogP contribution in [-0.4, -0.2) is 57.3 Å². The molecule has 0 aliphatic carbocycles. The molecule has 2 N–H and O–H groups in total. The normalized spacial score (nSPS) is 17.5. The van der Waals surface area contributed by atoms with Crippen LogP contribution in [0.5, 0.6) is 5.75 Å². The largest absolute Gasteiger partial charge is 0.496 e. The van der Waals surface area contributed by atoms with Gasteiger partial charge in [0, 0.05) is 31.2 Å². The maximum absolute atomic E-state index is 13.5. The standard InChI is InChI=1S/C28H37N3O5S/c1-7-24(32)30-26-27(2,3)18-31(19-28(26,4)5)37(34,35)22-14-12-21(13-15-22)25(33)29-17-16-20-10-8-9-11-23(20)36-6/h7-15,26H,1,16-19H2,2-6H3,(H,29,33)(H,30,32). The molecule has 37 heavy (non-hydrogen) atoms. The van der Waals surface area contributed by atoms with E-state index in [-0.39, 0.29) is 35.8 Å². The van der Waals surface area contributed by atoms with Gasteiger partial charge in [-0.2, -0.15) is 4.31 Å². The van der Waals surface area contributed by atoms with Crippen molar-refractivity contribution in [1.82, 2.24) is 14.9 Å². The molecule has 0 spiro atoms. The van der Waals surface area contributed by atoms with Crippen molar-refractivity contribution >= 4 is 21.8 Å². The third kappa shape index (κ3) is 6.40. The number of para-hydroxylation sites is 1. The Morgan fingerprint density at radius 3 is 2.22 bits per heavy atom. The summed E-state index contributed by atoms with van der Waals surface area (Å²) in [5.41, 5.74) is 0.333. The Kier molecular flexibility index (Phi) is 8.49. The summed E-state index contributed by atoms with van der Waals surface area (Å²) < 4.78 is 33.9. The highest BCUT2D eigenvalue weighted by molar-refractivity contribution is 7.89. The second-order valence-electron chi connectivity index (χ2n) is 10.7. The number of piperidine rings is 1. The van der Waals surface area contributed by atoms with Gasteiger partial charge in [-0.1, -0.05) is 52.5 Å². The average molecular weight is 528 g/mol. The topological polar surface area (TPSA) is 105 Å². The first-order valence-corrected chi connectivity index (χ1v) is 13.7. The lowest BCUT2D eigenvalue weighted by Crippen LogP contribution is -2.64. The number of methoxy groups -OCH3 is 1. The number of nitrogens with one attached hydrogen (secondary N) is 2. The molecule has 9 heteroatoms. The Hall–Kier alpha value is -3.17. The monoisotopic (exact) mass is 527 g/mol. The summed E-state index contributed by atoms with van der Waals surface area (Å²) in [6, 6.07) is 13.4. The summed E-state index contributed by atoms with van der Waals surface area (Å²) in [6.07, 6.45) is 1.84. The van der Waals surface area contributed by atoms with Crippen molar-refractivity contribution in [3.8, 4) is 5.75 Å². The molecular formula is C28H37N3O5S. The molecule has 0 unspecified atom stereocenters. The maximum atomic E-state index is 13.5. The molecule has 0 atom stereocenters. The van der Waals surface area contributed by atoms with E-state index in [4.69, 9.17) is 4.74 Å². The molecule has 1 heterocycles. The molecule has 1 aliphatic heterocycles. The number of carbonyl (C=O) groups excluding carboxylic acids is 2. The van der Waals surface area contributed by atoms with Crippen LogP contribution in [0.25, 0.3) is 0 Å². The van der Waals surface area contributed by atoms with E-state index in [9.17, 15) is 18.0 Å². The smallest absolute Gasteiger partial charge is 0.251 e. The number of amides is 2. The van der Waals surface area contributed by atoms with Gasteiger partial charge in [0.2, 0.25) is 15.9 Å². The Morgan fingerprint density at radius 2 is 1.65 bits per heavy atom. The highest BCUT2D eigenvalue weighted by Gasteiger charge is 2.50. The number of sulfonamides is 1. The van der Waals surface area contributed by atoms with Crippen molar-refractivity contribution in [3.63, 3.8) is 0 Å². The third-order valence-electron chi connectivity index (χ3n) is 6.83. The lowest BCUT2D eigenvalue weighted by atomic mass is 9.67. The molecule has 3 rings (SSSR count). The highest BCUT2D eigenvalue weighted by atomic mass is 32.2. The summed E-state index contributed by atoms with van der Waals surface area (Å²) in [6.45, 7) is 12.2. The van der Waals surface area contributed by atoms with Crippen molar-refractivity contribution in [1.29, 1.82) is 0 Å². The molecule has 0 radical (unpaired) electrons. The van der Waals surface area contributed by atoms with Gasteiger partial charge in [-0.3, -0.25) is 9.59 Å². The van der Waals surface area contributed by atoms with Crippen molar-refractivity contribution in [3.05, 3.63) is 72.3 Å². The molecule has 2 aromatic rings. The Balaban J connectivity index is 1.69. The second kappa shape index (κ2) is 11.1. The number of benzene rings is 2. The molecule has 0 bridgehead atoms. The van der Waals surface area contributed by atoms with E-state index in [2.05, 4.69) is 17.2 Å². The number of nitrogens with zero attached hydrogens (tertiary/aromatic N) is 1. The summed E-state index contributed by atoms with van der Waals surface area (Å²) in [4.78, 5) is 24.8. The molecule has 8 nitrogen and oxygen atoms in total. The molecule has 1 aliphatic rings. The Morgan fingerprint density at radius 1 is 1.05 bits per heavy atom. The fourth-order valence-corrected chi connectivity index (χ4v) is 7.00. The van der Waals surface area contributed by atoms with E-state index in [0.29, 0.717) is 18.5 Å². The highest BCUT2D eigenvalue weighted by Crippen LogP contribution is 2.42. The summed E-state index contributed by atoms with van der Waals surface area (Å²) >= 11 is 0. The van der Waals surface area contributed by atoms with Gasteiger partial charge in [-0.15, -0.1) is 0 Å². The fraction of sp³-hybridized carbons (Fsp3) is 0.429. The lowest BCUT2D eigenvalue weighted by Gasteiger charge is -2.52. The molecule has 1 fully saturated rings. The van der Waals surface area contributed by atoms with E-state index in [1.165, 1.54) is 34.6 Å². The maximum Gasteiger partial charge on any atom is 0.251 e. The zero-order chi connectivity index (χ0) is 27.4. The van der Waals surface area contributed by atoms with Gasteiger partial charge in [0.05, 0.1) is 12.0 Å². The number of ether oxygens (including phenoxy) is 1. The summed E-state index contributed by atoms with van der Waals surface area (Å²) in [5.74, 6) is 0.212. The molecule has 200 valence electrons. The predicted octanol–water partition coefficient (Wildman–Crippen LogP) is 3.40. The predicted molar refractivity (Wildman–Crippen MR) is 144 cm³/mol. The van der Waals surface area contributed by atoms with Gasteiger partial charge in [0.15, 0.2) is 0 Å². The van der Waals surface area contributed by atoms with E-state index < -0.39 is 20.9 Å². The zero-order valence-electron chi connectivity index (χ0n) is 22.2. The van der Waals surface area contributed by atoms with Gasteiger partial charge in [-0.05, 0) is 59.2 Å². The Labute approximate surface area is 220 Å². The van der Waals surface area contributed by atoms with E-state index in [0.717, 1.165) is 11.3 Å². The summed E-state index contributed by atoms with van der Waals surface area (Å²) in [7, 11) is -2.20. The minimum Gasteiger partial charge on any atom is -0.496 e. The van der Waals surface area contributed by atoms with Crippen LogP contribution < -0.4 is 15.4 Å². The van der Waals surface area contributed by atoms with Crippen LogP contribution in [0.3, 0.4) is 0 Å². The van der Waals surface area contributed by atoms with Crippen LogP contribution in [0, 0.1) is 10.8 Å². The van der Waals surface area contributed by atoms with Crippen LogP contribution >= 0.6 is 0 Å². The van der Waals surface area contributed by atoms with Gasteiger partial charge in [0.1, 0.15) is 5.75 Å². The molecular weight excluding hydrogens is 490 g/mol. The van der Waals surface area contributed by atoms with Gasteiger partial charge >= 0.3 is 0 Å². The quantitative estimate of drug-likeness (QED) is 0.487. The van der Waals surface area contributed by atoms with E-state index in [1.54, 1.807) is 7.11 Å². The van der Waals surface area contributed by atoms with Gasteiger partial charge in [-0.25, -0.2) is 8.42 Å². The lowest BCUT2D eigenvalue weighted by molar-refractivity contribution is -0.120. The fourth-order valence-electron chi connectivity index (χ4n) is 5.22. The first kappa shape index (κ1) is 28.4. The van der Waals surface area contributed by atoms with Crippen molar-refractivity contribution < 1.29 is 22.7 Å². The van der Waals surface area contributed by atoms with Crippen LogP contribution in [0.2, 0.25) is 0 Å². The minimum atomic E-state index is -3.81. The number of rotatable bonds is 9. The first-order chi connectivity index (χ1) is 17.3. The van der Waals surface area contributed by atoms with Crippen LogP contribution in [-0.2, 0) is 21.2 Å². The SMILES string of the molecule is C=CC(=O)NC1C(C)(C)CN(S(=O)(=O)c2ccc(C(=O)NCCc3ccccc3OC)cc2)CC1(C)C.